The molecule has 2 heterocycles. The molecule has 0 aliphatic rings. The first-order chi connectivity index (χ1) is 11.2. The highest BCUT2D eigenvalue weighted by atomic mass is 32.1. The van der Waals surface area contributed by atoms with E-state index in [1.54, 1.807) is 29.3 Å². The van der Waals surface area contributed by atoms with Crippen molar-refractivity contribution in [2.24, 2.45) is 10.1 Å². The summed E-state index contributed by atoms with van der Waals surface area (Å²) in [6.07, 6.45) is 1.69. The number of thiazole rings is 1. The lowest BCUT2D eigenvalue weighted by Gasteiger charge is -1.99. The van der Waals surface area contributed by atoms with E-state index in [1.165, 1.54) is 0 Å². The van der Waals surface area contributed by atoms with Crippen LogP contribution in [-0.2, 0) is 0 Å². The molecule has 0 N–H and O–H groups in total. The summed E-state index contributed by atoms with van der Waals surface area (Å²) in [6, 6.07) is 11.4. The van der Waals surface area contributed by atoms with Gasteiger partial charge in [-0.05, 0) is 50.2 Å². The summed E-state index contributed by atoms with van der Waals surface area (Å²) >= 11 is 1.54. The molecule has 0 unspecified atom stereocenters. The molecule has 0 spiro atoms. The van der Waals surface area contributed by atoms with Crippen molar-refractivity contribution in [1.82, 2.24) is 4.68 Å². The van der Waals surface area contributed by atoms with Gasteiger partial charge in [-0.25, -0.2) is 9.67 Å². The fourth-order valence-corrected chi connectivity index (χ4v) is 2.83. The lowest BCUT2D eigenvalue weighted by Crippen LogP contribution is -2.11. The third-order valence-corrected chi connectivity index (χ3v) is 4.14. The molecular weight excluding hydrogens is 310 g/mol. The summed E-state index contributed by atoms with van der Waals surface area (Å²) < 4.78 is 12.5. The quantitative estimate of drug-likeness (QED) is 0.683. The predicted molar refractivity (Wildman–Crippen MR) is 91.7 cm³/mol. The van der Waals surface area contributed by atoms with Crippen molar-refractivity contribution in [3.8, 4) is 5.75 Å². The van der Waals surface area contributed by atoms with Crippen molar-refractivity contribution in [3.05, 3.63) is 63.8 Å². The molecule has 0 amide bonds. The van der Waals surface area contributed by atoms with E-state index in [4.69, 9.17) is 9.15 Å². The van der Waals surface area contributed by atoms with E-state index in [9.17, 15) is 0 Å². The molecule has 118 valence electrons. The van der Waals surface area contributed by atoms with Crippen molar-refractivity contribution in [2.75, 3.05) is 7.11 Å². The number of rotatable bonds is 4. The van der Waals surface area contributed by atoms with Gasteiger partial charge in [0.1, 0.15) is 17.3 Å². The van der Waals surface area contributed by atoms with Crippen LogP contribution in [0.25, 0.3) is 0 Å². The first-order valence-corrected chi connectivity index (χ1v) is 8.00. The molecule has 3 aromatic rings. The summed E-state index contributed by atoms with van der Waals surface area (Å²) in [5.41, 5.74) is 1.87. The van der Waals surface area contributed by atoms with Gasteiger partial charge in [-0.1, -0.05) is 0 Å². The predicted octanol–water partition coefficient (Wildman–Crippen LogP) is 3.88. The van der Waals surface area contributed by atoms with E-state index in [0.29, 0.717) is 0 Å². The molecule has 6 heteroatoms. The van der Waals surface area contributed by atoms with Crippen LogP contribution in [0.1, 0.15) is 17.2 Å². The second-order valence-corrected chi connectivity index (χ2v) is 5.81. The van der Waals surface area contributed by atoms with Gasteiger partial charge in [-0.2, -0.15) is 5.10 Å². The van der Waals surface area contributed by atoms with Crippen molar-refractivity contribution >= 4 is 23.2 Å². The summed E-state index contributed by atoms with van der Waals surface area (Å²) in [7, 11) is 1.65. The molecule has 1 aromatic carbocycles. The number of nitrogens with zero attached hydrogens (tertiary/aromatic N) is 3. The van der Waals surface area contributed by atoms with Crippen LogP contribution >= 0.6 is 11.3 Å². The van der Waals surface area contributed by atoms with Crippen LogP contribution in [-0.4, -0.2) is 18.0 Å². The molecule has 0 saturated carbocycles. The maximum absolute atomic E-state index is 5.50. The van der Waals surface area contributed by atoms with Crippen molar-refractivity contribution < 1.29 is 9.15 Å². The van der Waals surface area contributed by atoms with Gasteiger partial charge in [0.2, 0.25) is 4.80 Å². The van der Waals surface area contributed by atoms with E-state index in [-0.39, 0.29) is 0 Å². The first-order valence-electron chi connectivity index (χ1n) is 7.12. The zero-order chi connectivity index (χ0) is 16.2. The van der Waals surface area contributed by atoms with Crippen LogP contribution in [0.15, 0.2) is 56.3 Å². The van der Waals surface area contributed by atoms with Gasteiger partial charge >= 0.3 is 0 Å². The van der Waals surface area contributed by atoms with Gasteiger partial charge in [-0.15, -0.1) is 11.3 Å². The standard InChI is InChI=1S/C17H17N3O2S/c1-12-11-23-17(19-14-5-8-15(21-3)9-6-14)20(12)18-10-16-7-4-13(2)22-16/h4-11H,1-3H3. The minimum Gasteiger partial charge on any atom is -0.497 e. The molecule has 0 fully saturated rings. The number of aryl methyl sites for hydroxylation is 2. The number of hydrogen-bond donors (Lipinski definition) is 0. The Morgan fingerprint density at radius 1 is 1.13 bits per heavy atom. The lowest BCUT2D eigenvalue weighted by atomic mass is 10.3. The number of ether oxygens (including phenoxy) is 1. The highest BCUT2D eigenvalue weighted by Gasteiger charge is 2.01. The molecule has 0 atom stereocenters. The van der Waals surface area contributed by atoms with E-state index >= 15 is 0 Å². The van der Waals surface area contributed by atoms with E-state index < -0.39 is 0 Å². The van der Waals surface area contributed by atoms with Crippen LogP contribution in [0.3, 0.4) is 0 Å². The lowest BCUT2D eigenvalue weighted by molar-refractivity contribution is 0.415. The maximum atomic E-state index is 5.50. The van der Waals surface area contributed by atoms with E-state index in [0.717, 1.165) is 33.5 Å². The van der Waals surface area contributed by atoms with Crippen LogP contribution in [0.4, 0.5) is 5.69 Å². The van der Waals surface area contributed by atoms with E-state index in [2.05, 4.69) is 10.1 Å². The smallest absolute Gasteiger partial charge is 0.211 e. The summed E-state index contributed by atoms with van der Waals surface area (Å²) in [6.45, 7) is 3.90. The molecule has 2 aromatic heterocycles. The first kappa shape index (κ1) is 15.3. The monoisotopic (exact) mass is 327 g/mol. The SMILES string of the molecule is COc1ccc(N=c2scc(C)n2N=Cc2ccc(C)o2)cc1. The zero-order valence-electron chi connectivity index (χ0n) is 13.2. The number of aromatic nitrogens is 1. The second kappa shape index (κ2) is 6.66. The van der Waals surface area contributed by atoms with Gasteiger partial charge in [-0.3, -0.25) is 0 Å². The van der Waals surface area contributed by atoms with Gasteiger partial charge in [0.25, 0.3) is 0 Å². The normalized spacial score (nSPS) is 12.2. The number of furan rings is 1. The maximum Gasteiger partial charge on any atom is 0.211 e. The third-order valence-electron chi connectivity index (χ3n) is 3.21. The molecule has 3 rings (SSSR count). The molecule has 0 radical (unpaired) electrons. The van der Waals surface area contributed by atoms with Crippen LogP contribution < -0.4 is 9.54 Å². The van der Waals surface area contributed by atoms with Crippen LogP contribution in [0.5, 0.6) is 5.75 Å². The summed E-state index contributed by atoms with van der Waals surface area (Å²) in [5.74, 6) is 2.39. The number of benzene rings is 1. The Morgan fingerprint density at radius 2 is 1.91 bits per heavy atom. The van der Waals surface area contributed by atoms with Crippen LogP contribution in [0.2, 0.25) is 0 Å². The topological polar surface area (TPSA) is 52.0 Å². The summed E-state index contributed by atoms with van der Waals surface area (Å²) in [5, 5.41) is 6.49. The van der Waals surface area contributed by atoms with Gasteiger partial charge < -0.3 is 9.15 Å². The average molecular weight is 327 g/mol. The fourth-order valence-electron chi connectivity index (χ4n) is 2.01. The Balaban J connectivity index is 1.94. The van der Waals surface area contributed by atoms with Gasteiger partial charge in [0.15, 0.2) is 0 Å². The largest absolute Gasteiger partial charge is 0.497 e. The Morgan fingerprint density at radius 3 is 2.57 bits per heavy atom. The van der Waals surface area contributed by atoms with Crippen molar-refractivity contribution in [1.29, 1.82) is 0 Å². The van der Waals surface area contributed by atoms with Gasteiger partial charge in [0.05, 0.1) is 24.7 Å². The minimum atomic E-state index is 0.719. The number of methoxy groups -OCH3 is 1. The highest BCUT2D eigenvalue weighted by Crippen LogP contribution is 2.17. The Bertz CT molecular complexity index is 885. The average Bonchev–Trinajstić information content (AvgIpc) is 3.12. The molecule has 0 aliphatic carbocycles. The van der Waals surface area contributed by atoms with E-state index in [1.807, 2.05) is 55.6 Å². The highest BCUT2D eigenvalue weighted by molar-refractivity contribution is 7.07. The third kappa shape index (κ3) is 3.60. The fraction of sp³-hybridized carbons (Fsp3) is 0.176. The van der Waals surface area contributed by atoms with Crippen molar-refractivity contribution in [2.45, 2.75) is 13.8 Å². The van der Waals surface area contributed by atoms with Crippen molar-refractivity contribution in [3.63, 3.8) is 0 Å². The molecule has 0 aliphatic heterocycles. The summed E-state index contributed by atoms with van der Waals surface area (Å²) in [4.78, 5) is 5.43. The Kier molecular flexibility index (Phi) is 4.43. The molecular formula is C17H17N3O2S. The molecule has 0 bridgehead atoms. The minimum absolute atomic E-state index is 0.719. The van der Waals surface area contributed by atoms with Crippen LogP contribution in [0, 0.1) is 13.8 Å². The molecule has 5 nitrogen and oxygen atoms in total. The molecule has 23 heavy (non-hydrogen) atoms. The molecule has 0 saturated heterocycles. The number of hydrogen-bond acceptors (Lipinski definition) is 5. The zero-order valence-corrected chi connectivity index (χ0v) is 14.0. The Hall–Kier alpha value is -2.60. The second-order valence-electron chi connectivity index (χ2n) is 4.97. The van der Waals surface area contributed by atoms with Gasteiger partial charge in [0, 0.05) is 5.38 Å². The Labute approximate surface area is 138 Å².